The number of nitrogens with one attached hydrogen (secondary N) is 1. The second-order valence-corrected chi connectivity index (χ2v) is 7.30. The number of hydrogen-bond donors (Lipinski definition) is 3. The summed E-state index contributed by atoms with van der Waals surface area (Å²) in [5.74, 6) is 0.0661. The molecule has 152 valence electrons. The van der Waals surface area contributed by atoms with Crippen LogP contribution in [0, 0.1) is 5.82 Å². The quantitative estimate of drug-likeness (QED) is 0.590. The van der Waals surface area contributed by atoms with Crippen LogP contribution in [0.4, 0.5) is 15.0 Å². The van der Waals surface area contributed by atoms with Gasteiger partial charge in [-0.3, -0.25) is 5.10 Å². The van der Waals surface area contributed by atoms with E-state index >= 15 is 0 Å². The van der Waals surface area contributed by atoms with E-state index in [0.717, 1.165) is 0 Å². The second-order valence-electron chi connectivity index (χ2n) is 6.92. The number of halogens is 2. The van der Waals surface area contributed by atoms with Gasteiger partial charge < -0.3 is 20.5 Å². The van der Waals surface area contributed by atoms with E-state index in [9.17, 15) is 14.3 Å². The normalized spacial score (nSPS) is 16.2. The summed E-state index contributed by atoms with van der Waals surface area (Å²) >= 11 is 6.07. The first kappa shape index (κ1) is 19.3. The lowest BCUT2D eigenvalue weighted by Crippen LogP contribution is -2.48. The number of hydrogen-bond acceptors (Lipinski definition) is 7. The van der Waals surface area contributed by atoms with Crippen LogP contribution in [-0.2, 0) is 4.74 Å². The zero-order valence-electron chi connectivity index (χ0n) is 15.2. The minimum absolute atomic E-state index is 0.0163. The maximum absolute atomic E-state index is 13.8. The van der Waals surface area contributed by atoms with E-state index in [1.165, 1.54) is 6.07 Å². The van der Waals surface area contributed by atoms with Crippen molar-refractivity contribution in [2.45, 2.75) is 18.4 Å². The van der Waals surface area contributed by atoms with Crippen LogP contribution < -0.4 is 10.6 Å². The highest BCUT2D eigenvalue weighted by Gasteiger charge is 2.34. The topological polar surface area (TPSA) is 130 Å². The van der Waals surface area contributed by atoms with Gasteiger partial charge in [-0.2, -0.15) is 5.10 Å². The van der Waals surface area contributed by atoms with E-state index in [0.29, 0.717) is 54.2 Å². The first-order chi connectivity index (χ1) is 13.9. The molecular formula is C18H18ClFN6O3. The molecule has 3 heterocycles. The van der Waals surface area contributed by atoms with Crippen molar-refractivity contribution in [3.8, 4) is 11.3 Å². The van der Waals surface area contributed by atoms with Crippen molar-refractivity contribution in [3.63, 3.8) is 0 Å². The third-order valence-corrected chi connectivity index (χ3v) is 5.36. The van der Waals surface area contributed by atoms with Crippen molar-refractivity contribution in [2.24, 2.45) is 5.73 Å². The van der Waals surface area contributed by atoms with E-state index in [1.807, 2.05) is 4.90 Å². The molecule has 0 radical (unpaired) electrons. The zero-order chi connectivity index (χ0) is 20.6. The molecule has 11 heteroatoms. The predicted molar refractivity (Wildman–Crippen MR) is 104 cm³/mol. The largest absolute Gasteiger partial charge is 0.447 e. The van der Waals surface area contributed by atoms with Crippen LogP contribution in [-0.4, -0.2) is 56.7 Å². The number of nitrogens with zero attached hydrogens (tertiary/aromatic N) is 4. The Morgan fingerprint density at radius 3 is 2.90 bits per heavy atom. The Hall–Kier alpha value is -2.98. The van der Waals surface area contributed by atoms with Crippen LogP contribution in [0.2, 0.25) is 5.02 Å². The summed E-state index contributed by atoms with van der Waals surface area (Å²) in [6, 6.07) is 4.51. The number of fused-ring (bicyclic) bond motifs is 1. The number of rotatable bonds is 4. The van der Waals surface area contributed by atoms with Gasteiger partial charge in [-0.15, -0.1) is 0 Å². The standard InChI is InChI=1S/C18H18ClFN6O3/c19-13-10(2-1-3-11(13)20)14-15-16(25-24-14)23-12(8-22-15)26-6-4-18(28,5-7-26)9-29-17(21)27/h1-3,8,28H,4-7,9H2,(H2,21,27)(H,23,24,25). The number of aromatic nitrogens is 4. The summed E-state index contributed by atoms with van der Waals surface area (Å²) in [6.07, 6.45) is 1.44. The van der Waals surface area contributed by atoms with Crippen LogP contribution in [0.25, 0.3) is 22.4 Å². The molecule has 4 N–H and O–H groups in total. The zero-order valence-corrected chi connectivity index (χ0v) is 16.0. The molecule has 0 unspecified atom stereocenters. The second kappa shape index (κ2) is 7.45. The highest BCUT2D eigenvalue weighted by atomic mass is 35.5. The molecule has 1 amide bonds. The average Bonchev–Trinajstić information content (AvgIpc) is 3.12. The molecule has 1 aliphatic rings. The van der Waals surface area contributed by atoms with E-state index in [2.05, 4.69) is 20.2 Å². The number of amides is 1. The van der Waals surface area contributed by atoms with Crippen LogP contribution in [0.3, 0.4) is 0 Å². The molecule has 0 atom stereocenters. The first-order valence-electron chi connectivity index (χ1n) is 8.91. The Morgan fingerprint density at radius 1 is 1.41 bits per heavy atom. The van der Waals surface area contributed by atoms with Gasteiger partial charge in [0.25, 0.3) is 0 Å². The molecule has 1 aliphatic heterocycles. The Labute approximate surface area is 169 Å². The number of carbonyl (C=O) groups is 1. The van der Waals surface area contributed by atoms with Gasteiger partial charge in [0, 0.05) is 18.7 Å². The minimum atomic E-state index is -1.11. The number of primary amides is 1. The molecule has 29 heavy (non-hydrogen) atoms. The smallest absolute Gasteiger partial charge is 0.404 e. The SMILES string of the molecule is NC(=O)OCC1(O)CCN(c2cnc3c(-c4cccc(F)c4Cl)[nH]nc3n2)CC1. The fourth-order valence-corrected chi connectivity index (χ4v) is 3.55. The third kappa shape index (κ3) is 3.81. The molecule has 0 bridgehead atoms. The molecule has 4 rings (SSSR count). The van der Waals surface area contributed by atoms with Crippen molar-refractivity contribution < 1.29 is 19.0 Å². The Balaban J connectivity index is 1.54. The molecule has 2 aromatic heterocycles. The lowest BCUT2D eigenvalue weighted by molar-refractivity contribution is -0.0368. The fraction of sp³-hybridized carbons (Fsp3) is 0.333. The monoisotopic (exact) mass is 420 g/mol. The maximum atomic E-state index is 13.8. The number of piperidine rings is 1. The Morgan fingerprint density at radius 2 is 2.17 bits per heavy atom. The molecule has 1 saturated heterocycles. The molecule has 9 nitrogen and oxygen atoms in total. The van der Waals surface area contributed by atoms with Gasteiger partial charge in [0.15, 0.2) is 0 Å². The summed E-state index contributed by atoms with van der Waals surface area (Å²) in [5.41, 5.74) is 5.63. The third-order valence-electron chi connectivity index (χ3n) is 4.97. The molecule has 0 spiro atoms. The van der Waals surface area contributed by atoms with Gasteiger partial charge in [-0.1, -0.05) is 23.7 Å². The average molecular weight is 421 g/mol. The van der Waals surface area contributed by atoms with Crippen LogP contribution in [0.1, 0.15) is 12.8 Å². The molecular weight excluding hydrogens is 403 g/mol. The predicted octanol–water partition coefficient (Wildman–Crippen LogP) is 2.24. The van der Waals surface area contributed by atoms with E-state index < -0.39 is 17.5 Å². The Bertz CT molecular complexity index is 1070. The van der Waals surface area contributed by atoms with Gasteiger partial charge in [-0.05, 0) is 18.9 Å². The molecule has 0 aliphatic carbocycles. The summed E-state index contributed by atoms with van der Waals surface area (Å²) in [6.45, 7) is 0.843. The number of ether oxygens (including phenoxy) is 1. The first-order valence-corrected chi connectivity index (χ1v) is 9.29. The number of benzene rings is 1. The Kier molecular flexibility index (Phi) is 4.97. The van der Waals surface area contributed by atoms with Gasteiger partial charge >= 0.3 is 6.09 Å². The van der Waals surface area contributed by atoms with Crippen molar-refractivity contribution >= 4 is 34.7 Å². The van der Waals surface area contributed by atoms with Crippen LogP contribution in [0.15, 0.2) is 24.4 Å². The van der Waals surface area contributed by atoms with Gasteiger partial charge in [0.05, 0.1) is 16.9 Å². The molecule has 1 fully saturated rings. The highest BCUT2D eigenvalue weighted by molar-refractivity contribution is 6.33. The molecule has 0 saturated carbocycles. The number of anilines is 1. The summed E-state index contributed by atoms with van der Waals surface area (Å²) < 4.78 is 18.5. The maximum Gasteiger partial charge on any atom is 0.404 e. The van der Waals surface area contributed by atoms with Crippen molar-refractivity contribution in [1.29, 1.82) is 0 Å². The van der Waals surface area contributed by atoms with Gasteiger partial charge in [0.2, 0.25) is 5.65 Å². The number of carbonyl (C=O) groups excluding carboxylic acids is 1. The summed E-state index contributed by atoms with van der Waals surface area (Å²) in [5, 5.41) is 17.5. The molecule has 3 aromatic rings. The van der Waals surface area contributed by atoms with E-state index in [4.69, 9.17) is 22.1 Å². The van der Waals surface area contributed by atoms with Crippen LogP contribution in [0.5, 0.6) is 0 Å². The molecule has 1 aromatic carbocycles. The van der Waals surface area contributed by atoms with Gasteiger partial charge in [0.1, 0.15) is 29.4 Å². The van der Waals surface area contributed by atoms with E-state index in [1.54, 1.807) is 18.3 Å². The number of nitrogens with two attached hydrogens (primary N) is 1. The van der Waals surface area contributed by atoms with Crippen molar-refractivity contribution in [1.82, 2.24) is 20.2 Å². The van der Waals surface area contributed by atoms with Gasteiger partial charge in [-0.25, -0.2) is 19.2 Å². The number of aromatic amines is 1. The number of H-pyrrole nitrogens is 1. The minimum Gasteiger partial charge on any atom is -0.447 e. The lowest BCUT2D eigenvalue weighted by Gasteiger charge is -2.37. The summed E-state index contributed by atoms with van der Waals surface area (Å²) in [4.78, 5) is 21.7. The van der Waals surface area contributed by atoms with Crippen LogP contribution >= 0.6 is 11.6 Å². The fourth-order valence-electron chi connectivity index (χ4n) is 3.33. The number of aliphatic hydroxyl groups is 1. The summed E-state index contributed by atoms with van der Waals surface area (Å²) in [7, 11) is 0. The van der Waals surface area contributed by atoms with Crippen molar-refractivity contribution in [2.75, 3.05) is 24.6 Å². The van der Waals surface area contributed by atoms with Crippen molar-refractivity contribution in [3.05, 3.63) is 35.2 Å². The highest BCUT2D eigenvalue weighted by Crippen LogP contribution is 2.33. The van der Waals surface area contributed by atoms with E-state index in [-0.39, 0.29) is 11.6 Å². The lowest BCUT2D eigenvalue weighted by atomic mass is 9.92.